The van der Waals surface area contributed by atoms with Crippen molar-refractivity contribution in [3.63, 3.8) is 0 Å². The summed E-state index contributed by atoms with van der Waals surface area (Å²) in [5.74, 6) is 0. The summed E-state index contributed by atoms with van der Waals surface area (Å²) in [5.41, 5.74) is 19.2. The monoisotopic (exact) mass is 833 g/mol. The zero-order chi connectivity index (χ0) is 43.6. The molecular weight excluding hydrogens is 787 g/mol. The van der Waals surface area contributed by atoms with Crippen LogP contribution in [0.5, 0.6) is 0 Å². The van der Waals surface area contributed by atoms with Gasteiger partial charge in [0.2, 0.25) is 0 Å². The van der Waals surface area contributed by atoms with E-state index in [-0.39, 0.29) is 5.41 Å². The molecule has 0 fully saturated rings. The second kappa shape index (κ2) is 15.3. The van der Waals surface area contributed by atoms with Crippen LogP contribution in [0.2, 0.25) is 0 Å². The normalized spacial score (nSPS) is 12.7. The molecule has 0 N–H and O–H groups in total. The summed E-state index contributed by atoms with van der Waals surface area (Å²) in [7, 11) is 0. The number of benzene rings is 10. The first kappa shape index (κ1) is 38.5. The van der Waals surface area contributed by atoms with Crippen LogP contribution in [0.1, 0.15) is 30.5 Å². The zero-order valence-corrected chi connectivity index (χ0v) is 36.8. The number of anilines is 6. The molecule has 1 aromatic heterocycles. The average Bonchev–Trinajstić information content (AvgIpc) is 3.79. The fourth-order valence-corrected chi connectivity index (χ4v) is 10.3. The van der Waals surface area contributed by atoms with E-state index in [1.165, 1.54) is 71.5 Å². The lowest BCUT2D eigenvalue weighted by atomic mass is 9.81. The van der Waals surface area contributed by atoms with E-state index in [1.807, 2.05) is 0 Å². The van der Waals surface area contributed by atoms with E-state index in [1.54, 1.807) is 0 Å². The number of hydrogen-bond acceptors (Lipinski definition) is 2. The van der Waals surface area contributed by atoms with Gasteiger partial charge in [-0.05, 0) is 160 Å². The van der Waals surface area contributed by atoms with Crippen molar-refractivity contribution in [3.8, 4) is 27.9 Å². The van der Waals surface area contributed by atoms with Crippen molar-refractivity contribution in [2.45, 2.75) is 26.2 Å². The molecule has 0 amide bonds. The van der Waals surface area contributed by atoms with Crippen molar-refractivity contribution in [1.82, 2.24) is 4.57 Å². The number of fused-ring (bicyclic) bond motifs is 7. The summed E-state index contributed by atoms with van der Waals surface area (Å²) < 4.78 is 2.42. The van der Waals surface area contributed by atoms with Crippen LogP contribution in [0.25, 0.3) is 60.5 Å². The Morgan fingerprint density at radius 3 is 1.55 bits per heavy atom. The first-order valence-electron chi connectivity index (χ1n) is 22.6. The second-order valence-electron chi connectivity index (χ2n) is 17.9. The number of para-hydroxylation sites is 2. The first-order valence-corrected chi connectivity index (χ1v) is 22.6. The summed E-state index contributed by atoms with van der Waals surface area (Å²) in [5, 5.41) is 4.93. The molecule has 65 heavy (non-hydrogen) atoms. The topological polar surface area (TPSA) is 11.4 Å². The van der Waals surface area contributed by atoms with Gasteiger partial charge in [0, 0.05) is 56.0 Å². The van der Waals surface area contributed by atoms with E-state index in [9.17, 15) is 0 Å². The van der Waals surface area contributed by atoms with E-state index >= 15 is 0 Å². The van der Waals surface area contributed by atoms with Gasteiger partial charge in [-0.1, -0.05) is 141 Å². The molecule has 3 heteroatoms. The highest BCUT2D eigenvalue weighted by molar-refractivity contribution is 6.11. The van der Waals surface area contributed by atoms with E-state index in [0.717, 1.165) is 39.8 Å². The molecule has 0 saturated heterocycles. The number of hydrogen-bond donors (Lipinski definition) is 0. The summed E-state index contributed by atoms with van der Waals surface area (Å²) in [6, 6.07) is 84.4. The van der Waals surface area contributed by atoms with Gasteiger partial charge in [0.25, 0.3) is 0 Å². The highest BCUT2D eigenvalue weighted by atomic mass is 15.2. The average molecular weight is 834 g/mol. The SMILES string of the molecule is Cc1ccc2c(c1)c1cc(N(c3ccc(-c4ccc5c(c4)C(C)(C)c4ccccc4-5)cc3)c3ccc(N(c4ccccc4)c4ccccc4)cc3)ccc1n2-c1ccc2ccccc2c1. The number of aryl methyl sites for hydroxylation is 1. The minimum absolute atomic E-state index is 0.0595. The van der Waals surface area contributed by atoms with Gasteiger partial charge in [0.15, 0.2) is 0 Å². The predicted molar refractivity (Wildman–Crippen MR) is 275 cm³/mol. The van der Waals surface area contributed by atoms with Gasteiger partial charge in [-0.3, -0.25) is 0 Å². The molecule has 3 nitrogen and oxygen atoms in total. The lowest BCUT2D eigenvalue weighted by Gasteiger charge is -2.28. The summed E-state index contributed by atoms with van der Waals surface area (Å²) in [6.07, 6.45) is 0. The Bertz CT molecular complexity index is 3530. The molecule has 1 aliphatic rings. The Labute approximate surface area is 380 Å². The van der Waals surface area contributed by atoms with Gasteiger partial charge in [-0.25, -0.2) is 0 Å². The molecule has 0 bridgehead atoms. The van der Waals surface area contributed by atoms with Crippen LogP contribution < -0.4 is 9.80 Å². The van der Waals surface area contributed by atoms with Crippen molar-refractivity contribution >= 4 is 66.7 Å². The minimum atomic E-state index is -0.0595. The maximum Gasteiger partial charge on any atom is 0.0542 e. The third kappa shape index (κ3) is 6.50. The molecule has 12 rings (SSSR count). The van der Waals surface area contributed by atoms with Crippen molar-refractivity contribution in [3.05, 3.63) is 247 Å². The predicted octanol–water partition coefficient (Wildman–Crippen LogP) is 17.2. The Morgan fingerprint density at radius 1 is 0.354 bits per heavy atom. The molecule has 0 spiro atoms. The Balaban J connectivity index is 0.994. The standard InChI is InChI=1S/C62H47N3/c1-42-22-36-60-56(38-42)57-41-53(34-37-61(57)65(60)52-29-25-43-14-10-11-15-45(43)39-52)64(51-32-30-50(31-33-51)63(47-16-6-4-7-17-47)48-18-8-5-9-19-48)49-27-23-44(24-28-49)46-26-35-55-54-20-12-13-21-58(54)62(2,3)59(55)40-46/h4-41H,1-3H3. The number of nitrogens with zero attached hydrogens (tertiary/aromatic N) is 3. The molecule has 11 aromatic rings. The van der Waals surface area contributed by atoms with E-state index in [0.29, 0.717) is 0 Å². The maximum absolute atomic E-state index is 2.42. The van der Waals surface area contributed by atoms with E-state index in [2.05, 4.69) is 266 Å². The smallest absolute Gasteiger partial charge is 0.0542 e. The third-order valence-corrected chi connectivity index (χ3v) is 13.6. The Kier molecular flexibility index (Phi) is 9.06. The number of rotatable bonds is 8. The van der Waals surface area contributed by atoms with Crippen LogP contribution >= 0.6 is 0 Å². The highest BCUT2D eigenvalue weighted by Crippen LogP contribution is 2.50. The Hall–Kier alpha value is -8.14. The van der Waals surface area contributed by atoms with Gasteiger partial charge >= 0.3 is 0 Å². The first-order chi connectivity index (χ1) is 31.9. The summed E-state index contributed by atoms with van der Waals surface area (Å²) in [6.45, 7) is 6.89. The molecule has 1 heterocycles. The highest BCUT2D eigenvalue weighted by Gasteiger charge is 2.35. The molecule has 0 aliphatic heterocycles. The molecule has 10 aromatic carbocycles. The molecular formula is C62H47N3. The van der Waals surface area contributed by atoms with Crippen molar-refractivity contribution in [2.24, 2.45) is 0 Å². The fraction of sp³-hybridized carbons (Fsp3) is 0.0645. The zero-order valence-electron chi connectivity index (χ0n) is 36.8. The fourth-order valence-electron chi connectivity index (χ4n) is 10.3. The van der Waals surface area contributed by atoms with Crippen LogP contribution in [0.3, 0.4) is 0 Å². The number of aromatic nitrogens is 1. The van der Waals surface area contributed by atoms with Gasteiger partial charge in [0.1, 0.15) is 0 Å². The van der Waals surface area contributed by atoms with E-state index < -0.39 is 0 Å². The van der Waals surface area contributed by atoms with Crippen LogP contribution in [-0.2, 0) is 5.41 Å². The molecule has 310 valence electrons. The summed E-state index contributed by atoms with van der Waals surface area (Å²) >= 11 is 0. The molecule has 0 saturated carbocycles. The lowest BCUT2D eigenvalue weighted by Crippen LogP contribution is -2.14. The second-order valence-corrected chi connectivity index (χ2v) is 17.9. The molecule has 0 atom stereocenters. The van der Waals surface area contributed by atoms with Gasteiger partial charge in [0.05, 0.1) is 11.0 Å². The van der Waals surface area contributed by atoms with Crippen molar-refractivity contribution < 1.29 is 0 Å². The quantitative estimate of drug-likeness (QED) is 0.151. The van der Waals surface area contributed by atoms with Crippen LogP contribution in [0, 0.1) is 6.92 Å². The Morgan fingerprint density at radius 2 is 0.862 bits per heavy atom. The third-order valence-electron chi connectivity index (χ3n) is 13.6. The van der Waals surface area contributed by atoms with Gasteiger partial charge in [-0.15, -0.1) is 0 Å². The van der Waals surface area contributed by atoms with Gasteiger partial charge < -0.3 is 14.4 Å². The summed E-state index contributed by atoms with van der Waals surface area (Å²) in [4.78, 5) is 4.72. The van der Waals surface area contributed by atoms with Crippen LogP contribution in [0.4, 0.5) is 34.1 Å². The van der Waals surface area contributed by atoms with Gasteiger partial charge in [-0.2, -0.15) is 0 Å². The van der Waals surface area contributed by atoms with Crippen LogP contribution in [0.15, 0.2) is 231 Å². The van der Waals surface area contributed by atoms with Crippen LogP contribution in [-0.4, -0.2) is 4.57 Å². The molecule has 0 unspecified atom stereocenters. The minimum Gasteiger partial charge on any atom is -0.311 e. The molecule has 1 aliphatic carbocycles. The van der Waals surface area contributed by atoms with Crippen molar-refractivity contribution in [1.29, 1.82) is 0 Å². The maximum atomic E-state index is 2.42. The van der Waals surface area contributed by atoms with Crippen molar-refractivity contribution in [2.75, 3.05) is 9.80 Å². The lowest BCUT2D eigenvalue weighted by molar-refractivity contribution is 0.660. The largest absolute Gasteiger partial charge is 0.311 e. The van der Waals surface area contributed by atoms with E-state index in [4.69, 9.17) is 0 Å². The molecule has 0 radical (unpaired) electrons.